The Balaban J connectivity index is 1.86. The predicted molar refractivity (Wildman–Crippen MR) is 354 cm³/mol. The van der Waals surface area contributed by atoms with Crippen molar-refractivity contribution in [2.24, 2.45) is 5.92 Å². The van der Waals surface area contributed by atoms with Crippen LogP contribution in [0.4, 0.5) is 0 Å². The molecule has 0 aliphatic carbocycles. The summed E-state index contributed by atoms with van der Waals surface area (Å²) in [5.41, 5.74) is 0. The van der Waals surface area contributed by atoms with Crippen molar-refractivity contribution in [2.45, 2.75) is 182 Å². The molecule has 90 heavy (non-hydrogen) atoms. The van der Waals surface area contributed by atoms with E-state index in [0.717, 1.165) is 50.0 Å². The van der Waals surface area contributed by atoms with Gasteiger partial charge in [-0.2, -0.15) is 0 Å². The Labute approximate surface area is 556 Å². The molecule has 1 fully saturated rings. The Morgan fingerprint density at radius 3 is 1.31 bits per heavy atom. The number of carbonyl (C=O) groups is 9. The number of amides is 3. The fraction of sp³-hybridized carbons (Fsp3) is 0.847. The number of aliphatic hydroxyl groups excluding tert-OH is 1. The van der Waals surface area contributed by atoms with Crippen molar-refractivity contribution in [3.63, 3.8) is 0 Å². The fourth-order valence-corrected chi connectivity index (χ4v) is 18.3. The summed E-state index contributed by atoms with van der Waals surface area (Å²) in [4.78, 5) is 107. The highest BCUT2D eigenvalue weighted by atomic mass is 33.2. The number of ketones is 3. The molecule has 0 aromatic rings. The minimum absolute atomic E-state index is 0.0125. The Hall–Kier alpha value is -2.47. The van der Waals surface area contributed by atoms with Gasteiger partial charge in [0.1, 0.15) is 43.0 Å². The van der Waals surface area contributed by atoms with Crippen molar-refractivity contribution in [1.82, 2.24) is 21.3 Å². The molecule has 0 radical (unpaired) electrons. The summed E-state index contributed by atoms with van der Waals surface area (Å²) in [7, 11) is 8.81. The van der Waals surface area contributed by atoms with Crippen molar-refractivity contribution in [3.05, 3.63) is 0 Å². The van der Waals surface area contributed by atoms with E-state index < -0.39 is 34.6 Å². The largest absolute Gasteiger partial charge is 0.481 e. The van der Waals surface area contributed by atoms with Gasteiger partial charge in [0.15, 0.2) is 16.3 Å². The number of carboxylic acids is 3. The molecular weight excluding hydrogens is 1290 g/mol. The average Bonchev–Trinajstić information content (AvgIpc) is 3.78. The minimum Gasteiger partial charge on any atom is -0.481 e. The van der Waals surface area contributed by atoms with E-state index in [9.17, 15) is 58.5 Å². The highest BCUT2D eigenvalue weighted by Crippen LogP contribution is 2.49. The molecule has 1 saturated heterocycles. The predicted octanol–water partition coefficient (Wildman–Crippen LogP) is 7.82. The van der Waals surface area contributed by atoms with Crippen molar-refractivity contribution in [2.75, 3.05) is 130 Å². The number of aliphatic hydroxyl groups is 1. The van der Waals surface area contributed by atoms with Crippen molar-refractivity contribution in [1.29, 1.82) is 0 Å². The lowest BCUT2D eigenvalue weighted by atomic mass is 9.94. The van der Waals surface area contributed by atoms with Crippen molar-refractivity contribution >= 4 is 118 Å². The minimum atomic E-state index is -1.08. The van der Waals surface area contributed by atoms with Gasteiger partial charge in [-0.1, -0.05) is 120 Å². The standard InChI is InChI=1S/C59H104N4O21S6/c64-48(19-13-11-9-7-5-3-1-2-4-6-8-10-12-14-23-55(70)71)41-47(56(72)73)24-25-52(67)61-27-31-79-35-37-81-42-49(65)21-18-30-78-34-40-84-45-54(69)62-28-32-80-36-38-82-43-50(66)20-17-29-77-33-39-83-44-53(68)60-26-16-15-22-51(57(74)75)63-58-87-85-46-86-89-59(76)90-88-58/h47,51,58-59,63,76H,1-46H2,(H,60,68)(H,61,67)(H,62,69)(H,70,71)(H,72,73)(H,74,75)/t47-,51+,58?,59?/m1/s1. The molecule has 8 N–H and O–H groups in total. The number of ether oxygens (including phenoxy) is 8. The SMILES string of the molecule is O=C(O)CCCCCCCCCCCCCCCCC(=O)C[C@@H](CCC(=O)NCCOCCOCC(=O)CCCOCCOCC(=O)NCCOCCOCC(=O)CCCOCCOCC(=O)NCCCC[C@H](NC1SSCSSC(O)SS1)C(=O)O)C(=O)O. The molecule has 25 nitrogen and oxygen atoms in total. The monoisotopic (exact) mass is 1400 g/mol. The third-order valence-electron chi connectivity index (χ3n) is 13.2. The maximum absolute atomic E-state index is 12.5. The average molecular weight is 1400 g/mol. The van der Waals surface area contributed by atoms with Crippen LogP contribution in [0.2, 0.25) is 0 Å². The Morgan fingerprint density at radius 2 is 0.811 bits per heavy atom. The second-order valence-corrected chi connectivity index (χ2v) is 29.4. The number of aliphatic carboxylic acids is 3. The molecule has 522 valence electrons. The van der Waals surface area contributed by atoms with Gasteiger partial charge in [-0.25, -0.2) is 0 Å². The maximum atomic E-state index is 12.5. The van der Waals surface area contributed by atoms with Gasteiger partial charge in [-0.05, 0) is 73.0 Å². The number of hydrogen-bond donors (Lipinski definition) is 8. The molecule has 31 heteroatoms. The maximum Gasteiger partial charge on any atom is 0.320 e. The van der Waals surface area contributed by atoms with Crippen LogP contribution >= 0.6 is 64.8 Å². The summed E-state index contributed by atoms with van der Waals surface area (Å²) in [6.07, 6.45) is 18.9. The topological polar surface area (TPSA) is 357 Å². The van der Waals surface area contributed by atoms with E-state index in [0.29, 0.717) is 58.3 Å². The number of carbonyl (C=O) groups excluding carboxylic acids is 6. The number of carboxylic acid groups (broad SMARTS) is 3. The molecule has 0 bridgehead atoms. The smallest absolute Gasteiger partial charge is 0.320 e. The third kappa shape index (κ3) is 58.1. The van der Waals surface area contributed by atoms with Gasteiger partial charge < -0.3 is 74.3 Å². The summed E-state index contributed by atoms with van der Waals surface area (Å²) in [5.74, 6) is -4.81. The van der Waals surface area contributed by atoms with Gasteiger partial charge in [-0.15, -0.1) is 0 Å². The summed E-state index contributed by atoms with van der Waals surface area (Å²) in [5, 5.41) is 50.0. The fourth-order valence-electron chi connectivity index (χ4n) is 8.42. The zero-order valence-electron chi connectivity index (χ0n) is 52.5. The molecule has 1 aliphatic heterocycles. The van der Waals surface area contributed by atoms with E-state index in [2.05, 4.69) is 21.3 Å². The van der Waals surface area contributed by atoms with E-state index in [1.807, 2.05) is 0 Å². The van der Waals surface area contributed by atoms with Gasteiger partial charge in [0.25, 0.3) is 0 Å². The van der Waals surface area contributed by atoms with Gasteiger partial charge in [0, 0.05) is 71.4 Å². The molecule has 1 rings (SSSR count). The van der Waals surface area contributed by atoms with Crippen LogP contribution in [0.15, 0.2) is 0 Å². The summed E-state index contributed by atoms with van der Waals surface area (Å²) in [6, 6.07) is -0.743. The van der Waals surface area contributed by atoms with Crippen LogP contribution in [0, 0.1) is 5.92 Å². The van der Waals surface area contributed by atoms with Crippen LogP contribution in [0.25, 0.3) is 0 Å². The molecule has 3 amide bonds. The lowest BCUT2D eigenvalue weighted by molar-refractivity contribution is -0.144. The molecule has 2 unspecified atom stereocenters. The molecule has 0 saturated carbocycles. The van der Waals surface area contributed by atoms with Gasteiger partial charge in [0.05, 0.1) is 77.1 Å². The van der Waals surface area contributed by atoms with Crippen LogP contribution in [-0.2, 0) is 81.0 Å². The first-order valence-electron chi connectivity index (χ1n) is 31.6. The number of nitrogens with one attached hydrogen (secondary N) is 4. The Bertz CT molecular complexity index is 1910. The van der Waals surface area contributed by atoms with Crippen LogP contribution in [0.3, 0.4) is 0 Å². The first kappa shape index (κ1) is 85.5. The molecule has 1 heterocycles. The second-order valence-electron chi connectivity index (χ2n) is 21.1. The van der Waals surface area contributed by atoms with Crippen molar-refractivity contribution < 1.29 is 101 Å². The van der Waals surface area contributed by atoms with E-state index in [-0.39, 0.29) is 184 Å². The van der Waals surface area contributed by atoms with Crippen LogP contribution in [-0.4, -0.2) is 219 Å². The first-order chi connectivity index (χ1) is 43.7. The van der Waals surface area contributed by atoms with Gasteiger partial charge in [-0.3, -0.25) is 48.5 Å². The van der Waals surface area contributed by atoms with Crippen LogP contribution < -0.4 is 21.3 Å². The van der Waals surface area contributed by atoms with E-state index >= 15 is 0 Å². The molecule has 0 aromatic heterocycles. The normalized spacial score (nSPS) is 15.0. The highest BCUT2D eigenvalue weighted by Gasteiger charge is 2.25. The van der Waals surface area contributed by atoms with Crippen LogP contribution in [0.1, 0.15) is 167 Å². The first-order valence-corrected chi connectivity index (χ1v) is 38.7. The lowest BCUT2D eigenvalue weighted by Crippen LogP contribution is -2.40. The number of hydrogen-bond acceptors (Lipinski definition) is 25. The Morgan fingerprint density at radius 1 is 0.378 bits per heavy atom. The van der Waals surface area contributed by atoms with E-state index in [1.54, 1.807) is 32.4 Å². The molecule has 4 atom stereocenters. The molecule has 0 spiro atoms. The van der Waals surface area contributed by atoms with Gasteiger partial charge >= 0.3 is 17.9 Å². The van der Waals surface area contributed by atoms with E-state index in [1.165, 1.54) is 77.3 Å². The van der Waals surface area contributed by atoms with E-state index in [4.69, 9.17) is 43.0 Å². The number of rotatable bonds is 65. The number of unbranched alkanes of at least 4 members (excludes halogenated alkanes) is 14. The zero-order chi connectivity index (χ0) is 65.8. The summed E-state index contributed by atoms with van der Waals surface area (Å²) in [6.45, 7) is 3.40. The molecule has 1 aliphatic rings. The lowest BCUT2D eigenvalue weighted by Gasteiger charge is -2.21. The second kappa shape index (κ2) is 62.6. The zero-order valence-corrected chi connectivity index (χ0v) is 57.4. The van der Waals surface area contributed by atoms with Crippen LogP contribution in [0.5, 0.6) is 0 Å². The van der Waals surface area contributed by atoms with Crippen molar-refractivity contribution in [3.8, 4) is 0 Å². The summed E-state index contributed by atoms with van der Waals surface area (Å²) >= 11 is 0. The Kier molecular flexibility index (Phi) is 59.5. The third-order valence-corrected chi connectivity index (χ3v) is 23.1. The van der Waals surface area contributed by atoms with Gasteiger partial charge in [0.2, 0.25) is 17.7 Å². The number of Topliss-reactive ketones (excluding diaryl/α,β-unsaturated/α-hetero) is 3. The highest BCUT2D eigenvalue weighted by molar-refractivity contribution is 8.93. The molecule has 0 aromatic carbocycles. The quantitative estimate of drug-likeness (QED) is 0.0212. The summed E-state index contributed by atoms with van der Waals surface area (Å²) < 4.78 is 42.5. The molecular formula is C59H104N4O21S6.